The Morgan fingerprint density at radius 1 is 1.09 bits per heavy atom. The van der Waals surface area contributed by atoms with Crippen LogP contribution in [-0.2, 0) is 0 Å². The summed E-state index contributed by atoms with van der Waals surface area (Å²) in [6.07, 6.45) is 5.40. The summed E-state index contributed by atoms with van der Waals surface area (Å²) < 4.78 is 18.7. The number of furan rings is 1. The molecule has 1 aliphatic heterocycles. The van der Waals surface area contributed by atoms with Gasteiger partial charge in [0.25, 0.3) is 0 Å². The lowest BCUT2D eigenvalue weighted by Gasteiger charge is -2.36. The molecule has 0 aliphatic carbocycles. The van der Waals surface area contributed by atoms with Crippen molar-refractivity contribution in [1.29, 1.82) is 0 Å². The van der Waals surface area contributed by atoms with Gasteiger partial charge in [0, 0.05) is 17.6 Å². The van der Waals surface area contributed by atoms with E-state index in [1.165, 1.54) is 31.4 Å². The summed E-state index contributed by atoms with van der Waals surface area (Å²) in [6, 6.07) is 11.0. The lowest BCUT2D eigenvalue weighted by Crippen LogP contribution is -2.39. The smallest absolute Gasteiger partial charge is 0.147 e. The molecule has 0 amide bonds. The molecule has 0 N–H and O–H groups in total. The van der Waals surface area contributed by atoms with Crippen molar-refractivity contribution < 1.29 is 8.81 Å². The average Bonchev–Trinajstić information content (AvgIpc) is 2.96. The Labute approximate surface area is 130 Å². The summed E-state index contributed by atoms with van der Waals surface area (Å²) in [5.74, 6) is 1.19. The Morgan fingerprint density at radius 3 is 2.45 bits per heavy atom. The minimum absolute atomic E-state index is 0.245. The van der Waals surface area contributed by atoms with Gasteiger partial charge in [-0.25, -0.2) is 4.39 Å². The number of rotatable bonds is 3. The number of benzene rings is 1. The standard InChI is InChI=1S/C18H21FN2O/c1-13-4-3-5-14(2)21(13)20-12-17-10-11-18(22-17)15-6-8-16(19)9-7-15/h6-14H,3-5H2,1-2H3/b20-12-/t13-,14-/m0/s1. The fourth-order valence-electron chi connectivity index (χ4n) is 2.95. The van der Waals surface area contributed by atoms with Gasteiger partial charge in [-0.3, -0.25) is 5.01 Å². The maximum Gasteiger partial charge on any atom is 0.147 e. The molecular formula is C18H21FN2O. The van der Waals surface area contributed by atoms with Crippen LogP contribution >= 0.6 is 0 Å². The highest BCUT2D eigenvalue weighted by molar-refractivity contribution is 5.77. The van der Waals surface area contributed by atoms with Crippen molar-refractivity contribution >= 4 is 6.21 Å². The van der Waals surface area contributed by atoms with E-state index in [-0.39, 0.29) is 5.82 Å². The molecule has 0 radical (unpaired) electrons. The molecule has 3 nitrogen and oxygen atoms in total. The van der Waals surface area contributed by atoms with Crippen molar-refractivity contribution in [3.8, 4) is 11.3 Å². The first-order chi connectivity index (χ1) is 10.6. The monoisotopic (exact) mass is 300 g/mol. The van der Waals surface area contributed by atoms with Gasteiger partial charge in [-0.15, -0.1) is 0 Å². The number of hydrazone groups is 1. The van der Waals surface area contributed by atoms with E-state index in [1.54, 1.807) is 18.3 Å². The third-order valence-electron chi connectivity index (χ3n) is 4.22. The van der Waals surface area contributed by atoms with Crippen LogP contribution in [0.15, 0.2) is 45.9 Å². The molecule has 1 fully saturated rings. The summed E-state index contributed by atoms with van der Waals surface area (Å²) in [6.45, 7) is 4.41. The minimum Gasteiger partial charge on any atom is -0.455 e. The minimum atomic E-state index is -0.245. The highest BCUT2D eigenvalue weighted by Gasteiger charge is 2.22. The largest absolute Gasteiger partial charge is 0.455 e. The van der Waals surface area contributed by atoms with Gasteiger partial charge in [-0.1, -0.05) is 0 Å². The Kier molecular flexibility index (Phi) is 4.27. The van der Waals surface area contributed by atoms with Crippen molar-refractivity contribution in [3.63, 3.8) is 0 Å². The lowest BCUT2D eigenvalue weighted by atomic mass is 10.00. The molecule has 2 aromatic rings. The van der Waals surface area contributed by atoms with Gasteiger partial charge in [0.1, 0.15) is 17.3 Å². The first-order valence-corrected chi connectivity index (χ1v) is 7.81. The van der Waals surface area contributed by atoms with Gasteiger partial charge in [0.2, 0.25) is 0 Å². The fraction of sp³-hybridized carbons (Fsp3) is 0.389. The van der Waals surface area contributed by atoms with Crippen LogP contribution < -0.4 is 0 Å². The van der Waals surface area contributed by atoms with Crippen LogP contribution in [-0.4, -0.2) is 23.3 Å². The maximum absolute atomic E-state index is 13.0. The Bertz CT molecular complexity index is 637. The van der Waals surface area contributed by atoms with Crippen molar-refractivity contribution in [2.45, 2.75) is 45.2 Å². The van der Waals surface area contributed by atoms with Gasteiger partial charge in [-0.2, -0.15) is 5.10 Å². The summed E-state index contributed by atoms with van der Waals surface area (Å²) >= 11 is 0. The summed E-state index contributed by atoms with van der Waals surface area (Å²) in [4.78, 5) is 0. The molecule has 1 saturated heterocycles. The topological polar surface area (TPSA) is 28.7 Å². The van der Waals surface area contributed by atoms with Gasteiger partial charge in [0.05, 0.1) is 6.21 Å². The second kappa shape index (κ2) is 6.34. The van der Waals surface area contributed by atoms with E-state index in [4.69, 9.17) is 4.42 Å². The van der Waals surface area contributed by atoms with Crippen LogP contribution in [0.25, 0.3) is 11.3 Å². The average molecular weight is 300 g/mol. The second-order valence-corrected chi connectivity index (χ2v) is 5.96. The SMILES string of the molecule is C[C@H]1CCC[C@H](C)N1/N=C\c1ccc(-c2ccc(F)cc2)o1. The number of hydrogen-bond acceptors (Lipinski definition) is 3. The Balaban J connectivity index is 1.73. The van der Waals surface area contributed by atoms with E-state index in [2.05, 4.69) is 24.0 Å². The fourth-order valence-corrected chi connectivity index (χ4v) is 2.95. The number of hydrogen-bond donors (Lipinski definition) is 0. The number of halogens is 1. The van der Waals surface area contributed by atoms with Crippen LogP contribution in [0.1, 0.15) is 38.9 Å². The molecule has 0 bridgehead atoms. The summed E-state index contributed by atoms with van der Waals surface area (Å²) in [7, 11) is 0. The third kappa shape index (κ3) is 3.21. The van der Waals surface area contributed by atoms with Crippen molar-refractivity contribution in [1.82, 2.24) is 5.01 Å². The predicted molar refractivity (Wildman–Crippen MR) is 86.3 cm³/mol. The summed E-state index contributed by atoms with van der Waals surface area (Å²) in [5, 5.41) is 6.75. The molecule has 2 atom stereocenters. The van der Waals surface area contributed by atoms with E-state index < -0.39 is 0 Å². The molecule has 0 unspecified atom stereocenters. The van der Waals surface area contributed by atoms with E-state index in [9.17, 15) is 4.39 Å². The summed E-state index contributed by atoms with van der Waals surface area (Å²) in [5.41, 5.74) is 0.862. The number of piperidine rings is 1. The van der Waals surface area contributed by atoms with Crippen LogP contribution in [0.5, 0.6) is 0 Å². The molecule has 116 valence electrons. The molecule has 22 heavy (non-hydrogen) atoms. The zero-order valence-corrected chi connectivity index (χ0v) is 13.0. The van der Waals surface area contributed by atoms with Gasteiger partial charge < -0.3 is 4.42 Å². The molecule has 4 heteroatoms. The van der Waals surface area contributed by atoms with Crippen molar-refractivity contribution in [2.24, 2.45) is 5.10 Å². The second-order valence-electron chi connectivity index (χ2n) is 5.96. The molecular weight excluding hydrogens is 279 g/mol. The first kappa shape index (κ1) is 14.8. The molecule has 3 rings (SSSR count). The molecule has 1 aliphatic rings. The highest BCUT2D eigenvalue weighted by atomic mass is 19.1. The first-order valence-electron chi connectivity index (χ1n) is 7.81. The van der Waals surface area contributed by atoms with Crippen LogP contribution in [0.4, 0.5) is 4.39 Å². The van der Waals surface area contributed by atoms with Gasteiger partial charge in [-0.05, 0) is 69.5 Å². The van der Waals surface area contributed by atoms with E-state index in [0.717, 1.165) is 11.3 Å². The zero-order chi connectivity index (χ0) is 15.5. The number of nitrogens with zero attached hydrogens (tertiary/aromatic N) is 2. The molecule has 1 aromatic carbocycles. The lowest BCUT2D eigenvalue weighted by molar-refractivity contribution is 0.109. The Morgan fingerprint density at radius 2 is 1.77 bits per heavy atom. The van der Waals surface area contributed by atoms with Crippen LogP contribution in [0.2, 0.25) is 0 Å². The van der Waals surface area contributed by atoms with Crippen molar-refractivity contribution in [2.75, 3.05) is 0 Å². The molecule has 0 spiro atoms. The normalized spacial score (nSPS) is 22.4. The molecule has 2 heterocycles. The quantitative estimate of drug-likeness (QED) is 0.770. The molecule has 0 saturated carbocycles. The van der Waals surface area contributed by atoms with E-state index in [1.807, 2.05) is 12.1 Å². The maximum atomic E-state index is 13.0. The van der Waals surface area contributed by atoms with Crippen molar-refractivity contribution in [3.05, 3.63) is 48.0 Å². The Hall–Kier alpha value is -2.10. The third-order valence-corrected chi connectivity index (χ3v) is 4.22. The van der Waals surface area contributed by atoms with E-state index >= 15 is 0 Å². The van der Waals surface area contributed by atoms with Crippen LogP contribution in [0, 0.1) is 5.82 Å². The van der Waals surface area contributed by atoms with Crippen LogP contribution in [0.3, 0.4) is 0 Å². The van der Waals surface area contributed by atoms with Gasteiger partial charge in [0.15, 0.2) is 0 Å². The zero-order valence-electron chi connectivity index (χ0n) is 13.0. The van der Waals surface area contributed by atoms with Gasteiger partial charge >= 0.3 is 0 Å². The van der Waals surface area contributed by atoms with E-state index in [0.29, 0.717) is 17.8 Å². The predicted octanol–water partition coefficient (Wildman–Crippen LogP) is 4.68. The molecule has 1 aromatic heterocycles. The highest BCUT2D eigenvalue weighted by Crippen LogP contribution is 2.24.